The van der Waals surface area contributed by atoms with Gasteiger partial charge in [-0.05, 0) is 31.2 Å². The summed E-state index contributed by atoms with van der Waals surface area (Å²) in [6.07, 6.45) is 4.37. The molecular formula is C12H19N. The molecule has 0 aromatic heterocycles. The van der Waals surface area contributed by atoms with Crippen molar-refractivity contribution in [3.63, 3.8) is 0 Å². The van der Waals surface area contributed by atoms with Crippen LogP contribution >= 0.6 is 0 Å². The van der Waals surface area contributed by atoms with Crippen LogP contribution in [0.25, 0.3) is 0 Å². The number of likely N-dealkylation sites (tertiary alicyclic amines) is 1. The van der Waals surface area contributed by atoms with E-state index in [2.05, 4.69) is 30.6 Å². The highest BCUT2D eigenvalue weighted by molar-refractivity contribution is 5.07. The van der Waals surface area contributed by atoms with Crippen LogP contribution in [0.1, 0.15) is 33.1 Å². The Morgan fingerprint density at radius 2 is 2.08 bits per heavy atom. The molecule has 1 aliphatic carbocycles. The van der Waals surface area contributed by atoms with Crippen LogP contribution in [0.3, 0.4) is 0 Å². The van der Waals surface area contributed by atoms with E-state index in [1.54, 1.807) is 0 Å². The molecule has 0 unspecified atom stereocenters. The van der Waals surface area contributed by atoms with Gasteiger partial charge in [-0.15, -0.1) is 0 Å². The van der Waals surface area contributed by atoms with Crippen molar-refractivity contribution in [1.29, 1.82) is 0 Å². The highest BCUT2D eigenvalue weighted by Gasteiger charge is 2.47. The highest BCUT2D eigenvalue weighted by atomic mass is 15.2. The van der Waals surface area contributed by atoms with E-state index >= 15 is 0 Å². The van der Waals surface area contributed by atoms with Gasteiger partial charge in [-0.2, -0.15) is 0 Å². The predicted octanol–water partition coefficient (Wildman–Crippen LogP) is 2.13. The van der Waals surface area contributed by atoms with Crippen molar-refractivity contribution in [2.24, 2.45) is 11.3 Å². The zero-order valence-electron chi connectivity index (χ0n) is 8.77. The second-order valence-corrected chi connectivity index (χ2v) is 4.94. The summed E-state index contributed by atoms with van der Waals surface area (Å²) in [5.41, 5.74) is 0.763. The molecule has 2 aliphatic rings. The standard InChI is InChI=1S/C12H19N/c1-11(2)4-3-8-13-9-7-12(10-13)5-6-12/h11H,5-10H2,1-2H3. The minimum Gasteiger partial charge on any atom is -0.292 e. The molecule has 1 saturated heterocycles. The van der Waals surface area contributed by atoms with E-state index < -0.39 is 0 Å². The van der Waals surface area contributed by atoms with Crippen molar-refractivity contribution in [2.75, 3.05) is 19.6 Å². The number of hydrogen-bond acceptors (Lipinski definition) is 1. The van der Waals surface area contributed by atoms with E-state index in [0.29, 0.717) is 5.92 Å². The predicted molar refractivity (Wildman–Crippen MR) is 55.3 cm³/mol. The Kier molecular flexibility index (Phi) is 2.34. The molecule has 0 aromatic carbocycles. The van der Waals surface area contributed by atoms with Crippen LogP contribution in [0.2, 0.25) is 0 Å². The number of nitrogens with zero attached hydrogens (tertiary/aromatic N) is 1. The van der Waals surface area contributed by atoms with Crippen molar-refractivity contribution in [1.82, 2.24) is 4.90 Å². The minimum atomic E-state index is 0.525. The van der Waals surface area contributed by atoms with Gasteiger partial charge in [-0.3, -0.25) is 4.90 Å². The van der Waals surface area contributed by atoms with Gasteiger partial charge in [0.15, 0.2) is 0 Å². The quantitative estimate of drug-likeness (QED) is 0.555. The molecule has 0 radical (unpaired) electrons. The second kappa shape index (κ2) is 3.35. The summed E-state index contributed by atoms with van der Waals surface area (Å²) in [5, 5.41) is 0. The summed E-state index contributed by atoms with van der Waals surface area (Å²) in [6.45, 7) is 7.91. The van der Waals surface area contributed by atoms with Crippen LogP contribution in [0.15, 0.2) is 0 Å². The zero-order chi connectivity index (χ0) is 9.31. The Balaban J connectivity index is 1.75. The molecule has 1 spiro atoms. The summed E-state index contributed by atoms with van der Waals surface area (Å²) in [6, 6.07) is 0. The molecule has 13 heavy (non-hydrogen) atoms. The molecule has 1 heteroatoms. The van der Waals surface area contributed by atoms with Gasteiger partial charge in [0.2, 0.25) is 0 Å². The molecule has 1 aliphatic heterocycles. The number of hydrogen-bond donors (Lipinski definition) is 0. The Bertz CT molecular complexity index is 240. The van der Waals surface area contributed by atoms with Crippen LogP contribution < -0.4 is 0 Å². The summed E-state index contributed by atoms with van der Waals surface area (Å²) in [4.78, 5) is 2.52. The summed E-state index contributed by atoms with van der Waals surface area (Å²) in [7, 11) is 0. The molecule has 1 saturated carbocycles. The van der Waals surface area contributed by atoms with E-state index in [1.165, 1.54) is 32.4 Å². The van der Waals surface area contributed by atoms with E-state index in [-0.39, 0.29) is 0 Å². The Labute approximate surface area is 81.5 Å². The minimum absolute atomic E-state index is 0.525. The normalized spacial score (nSPS) is 24.8. The molecule has 0 bridgehead atoms. The van der Waals surface area contributed by atoms with Crippen LogP contribution in [-0.4, -0.2) is 24.5 Å². The molecule has 1 nitrogen and oxygen atoms in total. The van der Waals surface area contributed by atoms with Crippen LogP contribution in [0.5, 0.6) is 0 Å². The van der Waals surface area contributed by atoms with Crippen LogP contribution in [0, 0.1) is 23.2 Å². The molecular weight excluding hydrogens is 158 g/mol. The topological polar surface area (TPSA) is 3.24 Å². The zero-order valence-corrected chi connectivity index (χ0v) is 8.77. The van der Waals surface area contributed by atoms with Crippen molar-refractivity contribution < 1.29 is 0 Å². The first-order valence-electron chi connectivity index (χ1n) is 5.41. The average Bonchev–Trinajstić information content (AvgIpc) is 2.67. The first-order valence-corrected chi connectivity index (χ1v) is 5.41. The van der Waals surface area contributed by atoms with E-state index in [1.807, 2.05) is 0 Å². The first kappa shape index (κ1) is 9.09. The third-order valence-electron chi connectivity index (χ3n) is 3.17. The van der Waals surface area contributed by atoms with Gasteiger partial charge in [0.05, 0.1) is 6.54 Å². The maximum absolute atomic E-state index is 3.27. The Hall–Kier alpha value is -0.480. The smallest absolute Gasteiger partial charge is 0.0601 e. The molecule has 1 heterocycles. The van der Waals surface area contributed by atoms with Gasteiger partial charge in [0.1, 0.15) is 0 Å². The summed E-state index contributed by atoms with van der Waals surface area (Å²) < 4.78 is 0. The maximum atomic E-state index is 3.27. The lowest BCUT2D eigenvalue weighted by Crippen LogP contribution is -2.21. The van der Waals surface area contributed by atoms with Gasteiger partial charge in [-0.1, -0.05) is 25.7 Å². The maximum Gasteiger partial charge on any atom is 0.0601 e. The molecule has 0 N–H and O–H groups in total. The number of rotatable bonds is 1. The van der Waals surface area contributed by atoms with E-state index in [0.717, 1.165) is 12.0 Å². The van der Waals surface area contributed by atoms with Crippen LogP contribution in [-0.2, 0) is 0 Å². The fourth-order valence-electron chi connectivity index (χ4n) is 2.11. The second-order valence-electron chi connectivity index (χ2n) is 4.94. The SMILES string of the molecule is CC(C)C#CCN1CCC2(CC2)C1. The van der Waals surface area contributed by atoms with Gasteiger partial charge >= 0.3 is 0 Å². The molecule has 2 fully saturated rings. The molecule has 0 atom stereocenters. The molecule has 0 aromatic rings. The summed E-state index contributed by atoms with van der Waals surface area (Å²) in [5.74, 6) is 7.02. The van der Waals surface area contributed by atoms with Gasteiger partial charge in [0.25, 0.3) is 0 Å². The van der Waals surface area contributed by atoms with Crippen molar-refractivity contribution in [2.45, 2.75) is 33.1 Å². The Morgan fingerprint density at radius 3 is 2.62 bits per heavy atom. The third kappa shape index (κ3) is 2.25. The van der Waals surface area contributed by atoms with Gasteiger partial charge in [0, 0.05) is 12.5 Å². The van der Waals surface area contributed by atoms with Crippen molar-refractivity contribution >= 4 is 0 Å². The van der Waals surface area contributed by atoms with Crippen LogP contribution in [0.4, 0.5) is 0 Å². The molecule has 72 valence electrons. The largest absolute Gasteiger partial charge is 0.292 e. The molecule has 0 amide bonds. The average molecular weight is 177 g/mol. The first-order chi connectivity index (χ1) is 6.20. The lowest BCUT2D eigenvalue weighted by Gasteiger charge is -2.10. The van der Waals surface area contributed by atoms with Crippen molar-refractivity contribution in [3.8, 4) is 11.8 Å². The monoisotopic (exact) mass is 177 g/mol. The van der Waals surface area contributed by atoms with E-state index in [4.69, 9.17) is 0 Å². The molecule has 2 rings (SSSR count). The lowest BCUT2D eigenvalue weighted by molar-refractivity contribution is 0.359. The van der Waals surface area contributed by atoms with Gasteiger partial charge < -0.3 is 0 Å². The van der Waals surface area contributed by atoms with E-state index in [9.17, 15) is 0 Å². The summed E-state index contributed by atoms with van der Waals surface area (Å²) >= 11 is 0. The Morgan fingerprint density at radius 1 is 1.31 bits per heavy atom. The highest BCUT2D eigenvalue weighted by Crippen LogP contribution is 2.52. The lowest BCUT2D eigenvalue weighted by atomic mass is 10.1. The fraction of sp³-hybridized carbons (Fsp3) is 0.833. The van der Waals surface area contributed by atoms with Crippen molar-refractivity contribution in [3.05, 3.63) is 0 Å². The van der Waals surface area contributed by atoms with Gasteiger partial charge in [-0.25, -0.2) is 0 Å². The third-order valence-corrected chi connectivity index (χ3v) is 3.17. The fourth-order valence-corrected chi connectivity index (χ4v) is 2.11.